The molecule has 25 heavy (non-hydrogen) atoms. The largest absolute Gasteiger partial charge is 0.335 e. The van der Waals surface area contributed by atoms with Crippen LogP contribution in [0.1, 0.15) is 31.8 Å². The Morgan fingerprint density at radius 3 is 2.20 bits per heavy atom. The van der Waals surface area contributed by atoms with E-state index in [-0.39, 0.29) is 23.9 Å². The number of nitrogens with one attached hydrogen (secondary N) is 1. The van der Waals surface area contributed by atoms with Crippen molar-refractivity contribution in [2.75, 3.05) is 26.2 Å². The molecule has 0 bridgehead atoms. The van der Waals surface area contributed by atoms with Gasteiger partial charge in [-0.1, -0.05) is 0 Å². The van der Waals surface area contributed by atoms with Crippen molar-refractivity contribution in [3.63, 3.8) is 0 Å². The van der Waals surface area contributed by atoms with Gasteiger partial charge in [0.1, 0.15) is 9.77 Å². The highest BCUT2D eigenvalue weighted by Gasteiger charge is 2.34. The summed E-state index contributed by atoms with van der Waals surface area (Å²) in [5, 5.41) is 7.54. The Hall–Kier alpha value is -1.78. The number of sulfonamides is 1. The second kappa shape index (κ2) is 6.50. The minimum absolute atomic E-state index is 0.0733. The number of aryl methyl sites for hydroxylation is 4. The summed E-state index contributed by atoms with van der Waals surface area (Å²) in [6.45, 7) is 8.34. The van der Waals surface area contributed by atoms with Crippen molar-refractivity contribution in [2.45, 2.75) is 32.6 Å². The lowest BCUT2D eigenvalue weighted by molar-refractivity contribution is 0.0701. The number of nitrogens with zero attached hydrogens (tertiary/aromatic N) is 4. The van der Waals surface area contributed by atoms with Gasteiger partial charge in [0, 0.05) is 26.2 Å². The van der Waals surface area contributed by atoms with E-state index in [9.17, 15) is 13.2 Å². The van der Waals surface area contributed by atoms with Gasteiger partial charge in [0.25, 0.3) is 5.91 Å². The third kappa shape index (κ3) is 3.21. The molecule has 10 heteroatoms. The molecule has 3 heterocycles. The number of piperazine rings is 1. The third-order valence-corrected chi connectivity index (χ3v) is 7.51. The first-order valence-corrected chi connectivity index (χ1v) is 10.2. The van der Waals surface area contributed by atoms with Crippen LogP contribution in [0.5, 0.6) is 0 Å². The van der Waals surface area contributed by atoms with Crippen molar-refractivity contribution in [2.24, 2.45) is 0 Å². The summed E-state index contributed by atoms with van der Waals surface area (Å²) < 4.78 is 27.1. The SMILES string of the molecule is Cc1nc(C)c(C(=O)N2CCN(S(=O)(=O)c3c(C)n[nH]c3C)CC2)s1. The van der Waals surface area contributed by atoms with Crippen molar-refractivity contribution in [3.8, 4) is 0 Å². The minimum Gasteiger partial charge on any atom is -0.335 e. The van der Waals surface area contributed by atoms with E-state index < -0.39 is 10.0 Å². The molecule has 1 N–H and O–H groups in total. The Morgan fingerprint density at radius 1 is 1.08 bits per heavy atom. The number of carbonyl (C=O) groups is 1. The van der Waals surface area contributed by atoms with E-state index in [1.165, 1.54) is 15.6 Å². The molecule has 1 saturated heterocycles. The smallest absolute Gasteiger partial charge is 0.265 e. The number of H-pyrrole nitrogens is 1. The predicted octanol–water partition coefficient (Wildman–Crippen LogP) is 1.25. The molecule has 136 valence electrons. The van der Waals surface area contributed by atoms with Gasteiger partial charge < -0.3 is 4.90 Å². The first-order chi connectivity index (χ1) is 11.7. The maximum absolute atomic E-state index is 12.8. The van der Waals surface area contributed by atoms with Crippen molar-refractivity contribution < 1.29 is 13.2 Å². The average Bonchev–Trinajstić information content (AvgIpc) is 3.08. The molecule has 8 nitrogen and oxygen atoms in total. The quantitative estimate of drug-likeness (QED) is 0.860. The number of hydrogen-bond acceptors (Lipinski definition) is 6. The average molecular weight is 383 g/mol. The molecule has 0 aromatic carbocycles. The minimum atomic E-state index is -3.61. The van der Waals surface area contributed by atoms with Gasteiger partial charge in [-0.25, -0.2) is 13.4 Å². The van der Waals surface area contributed by atoms with Crippen LogP contribution in [0.25, 0.3) is 0 Å². The van der Waals surface area contributed by atoms with Crippen LogP contribution in [0, 0.1) is 27.7 Å². The Labute approximate surface area is 150 Å². The number of aromatic nitrogens is 3. The van der Waals surface area contributed by atoms with Crippen molar-refractivity contribution in [3.05, 3.63) is 27.0 Å². The zero-order valence-electron chi connectivity index (χ0n) is 14.7. The summed E-state index contributed by atoms with van der Waals surface area (Å²) in [6.07, 6.45) is 0. The zero-order valence-corrected chi connectivity index (χ0v) is 16.3. The second-order valence-corrected chi connectivity index (χ2v) is 9.18. The van der Waals surface area contributed by atoms with Gasteiger partial charge in [-0.05, 0) is 27.7 Å². The van der Waals surface area contributed by atoms with Crippen molar-refractivity contribution >= 4 is 27.3 Å². The van der Waals surface area contributed by atoms with Crippen LogP contribution in [-0.4, -0.2) is 64.9 Å². The van der Waals surface area contributed by atoms with Crippen LogP contribution in [-0.2, 0) is 10.0 Å². The van der Waals surface area contributed by atoms with Crippen LogP contribution in [0.15, 0.2) is 4.90 Å². The number of amides is 1. The van der Waals surface area contributed by atoms with Crippen LogP contribution in [0.3, 0.4) is 0 Å². The molecular formula is C15H21N5O3S2. The Balaban J connectivity index is 1.74. The summed E-state index contributed by atoms with van der Waals surface area (Å²) >= 11 is 1.38. The van der Waals surface area contributed by atoms with Gasteiger partial charge in [0.2, 0.25) is 10.0 Å². The van der Waals surface area contributed by atoms with Crippen molar-refractivity contribution in [1.82, 2.24) is 24.4 Å². The Kier molecular flexibility index (Phi) is 4.69. The van der Waals surface area contributed by atoms with Gasteiger partial charge in [0.05, 0.1) is 22.1 Å². The summed E-state index contributed by atoms with van der Waals surface area (Å²) in [5.41, 5.74) is 1.73. The molecule has 1 amide bonds. The van der Waals surface area contributed by atoms with E-state index in [2.05, 4.69) is 15.2 Å². The monoisotopic (exact) mass is 383 g/mol. The van der Waals surface area contributed by atoms with E-state index in [1.807, 2.05) is 13.8 Å². The van der Waals surface area contributed by atoms with E-state index >= 15 is 0 Å². The molecule has 1 aliphatic heterocycles. The maximum Gasteiger partial charge on any atom is 0.265 e. The first-order valence-electron chi connectivity index (χ1n) is 7.97. The van der Waals surface area contributed by atoms with E-state index in [0.29, 0.717) is 29.4 Å². The van der Waals surface area contributed by atoms with Gasteiger partial charge >= 0.3 is 0 Å². The summed E-state index contributed by atoms with van der Waals surface area (Å²) in [7, 11) is -3.61. The van der Waals surface area contributed by atoms with Crippen LogP contribution in [0.4, 0.5) is 0 Å². The Morgan fingerprint density at radius 2 is 1.72 bits per heavy atom. The molecule has 0 saturated carbocycles. The topological polar surface area (TPSA) is 99.3 Å². The normalized spacial score (nSPS) is 16.4. The molecule has 2 aromatic rings. The van der Waals surface area contributed by atoms with Gasteiger partial charge in [-0.3, -0.25) is 9.89 Å². The van der Waals surface area contributed by atoms with Gasteiger partial charge in [0.15, 0.2) is 0 Å². The summed E-state index contributed by atoms with van der Waals surface area (Å²) in [4.78, 5) is 19.5. The predicted molar refractivity (Wildman–Crippen MR) is 94.3 cm³/mol. The first kappa shape index (κ1) is 18.0. The number of rotatable bonds is 3. The Bertz CT molecular complexity index is 888. The lowest BCUT2D eigenvalue weighted by atomic mass is 10.3. The van der Waals surface area contributed by atoms with Crippen LogP contribution >= 0.6 is 11.3 Å². The fourth-order valence-electron chi connectivity index (χ4n) is 3.05. The highest BCUT2D eigenvalue weighted by atomic mass is 32.2. The molecule has 0 radical (unpaired) electrons. The third-order valence-electron chi connectivity index (χ3n) is 4.28. The van der Waals surface area contributed by atoms with Gasteiger partial charge in [-0.15, -0.1) is 11.3 Å². The lowest BCUT2D eigenvalue weighted by Gasteiger charge is -2.33. The van der Waals surface area contributed by atoms with Crippen LogP contribution in [0.2, 0.25) is 0 Å². The fraction of sp³-hybridized carbons (Fsp3) is 0.533. The van der Waals surface area contributed by atoms with E-state index in [0.717, 1.165) is 10.7 Å². The highest BCUT2D eigenvalue weighted by Crippen LogP contribution is 2.24. The maximum atomic E-state index is 12.8. The van der Waals surface area contributed by atoms with E-state index in [1.54, 1.807) is 18.7 Å². The molecule has 0 spiro atoms. The molecule has 1 fully saturated rings. The number of aromatic amines is 1. The van der Waals surface area contributed by atoms with E-state index in [4.69, 9.17) is 0 Å². The molecule has 0 atom stereocenters. The molecule has 0 unspecified atom stereocenters. The fourth-order valence-corrected chi connectivity index (χ4v) is 5.70. The standard InChI is InChI=1S/C15H21N5O3S2/c1-9-13(24-12(4)16-9)15(21)19-5-7-20(8-6-19)25(22,23)14-10(2)17-18-11(14)3/h5-8H2,1-4H3,(H,17,18). The number of thiazole rings is 1. The lowest BCUT2D eigenvalue weighted by Crippen LogP contribution is -2.50. The molecular weight excluding hydrogens is 362 g/mol. The number of carbonyl (C=O) groups excluding carboxylic acids is 1. The molecule has 2 aromatic heterocycles. The highest BCUT2D eigenvalue weighted by molar-refractivity contribution is 7.89. The summed E-state index contributed by atoms with van der Waals surface area (Å²) in [5.74, 6) is -0.0733. The van der Waals surface area contributed by atoms with Crippen LogP contribution < -0.4 is 0 Å². The molecule has 1 aliphatic rings. The molecule has 0 aliphatic carbocycles. The second-order valence-electron chi connectivity index (χ2n) is 6.11. The molecule has 3 rings (SSSR count). The summed E-state index contributed by atoms with van der Waals surface area (Å²) in [6, 6.07) is 0. The van der Waals surface area contributed by atoms with Crippen molar-refractivity contribution in [1.29, 1.82) is 0 Å². The number of hydrogen-bond donors (Lipinski definition) is 1. The zero-order chi connectivity index (χ0) is 18.4. The van der Waals surface area contributed by atoms with Gasteiger partial charge in [-0.2, -0.15) is 9.40 Å².